The summed E-state index contributed by atoms with van der Waals surface area (Å²) < 4.78 is 6.69. The van der Waals surface area contributed by atoms with Crippen LogP contribution in [0, 0.1) is 12.3 Å². The van der Waals surface area contributed by atoms with Crippen LogP contribution < -0.4 is 4.74 Å². The molecule has 0 aliphatic heterocycles. The molecule has 1 atom stereocenters. The molecule has 0 spiro atoms. The highest BCUT2D eigenvalue weighted by Gasteiger charge is 2.31. The fourth-order valence-electron chi connectivity index (χ4n) is 2.74. The highest BCUT2D eigenvalue weighted by molar-refractivity contribution is 9.10. The Hall–Kier alpha value is -0.210. The van der Waals surface area contributed by atoms with E-state index in [4.69, 9.17) is 16.3 Å². The van der Waals surface area contributed by atoms with Crippen molar-refractivity contribution >= 4 is 27.5 Å². The Balaban J connectivity index is 2.60. The number of rotatable bonds is 1. The third kappa shape index (κ3) is 2.55. The van der Waals surface area contributed by atoms with E-state index in [0.717, 1.165) is 29.5 Å². The number of hydrogen-bond donors (Lipinski definition) is 0. The van der Waals surface area contributed by atoms with Gasteiger partial charge in [-0.1, -0.05) is 29.8 Å². The van der Waals surface area contributed by atoms with Gasteiger partial charge in [0.1, 0.15) is 5.75 Å². The van der Waals surface area contributed by atoms with E-state index in [0.29, 0.717) is 0 Å². The Morgan fingerprint density at radius 2 is 2.11 bits per heavy atom. The third-order valence-corrected chi connectivity index (χ3v) is 5.29. The Morgan fingerprint density at radius 1 is 1.44 bits per heavy atom. The van der Waals surface area contributed by atoms with Crippen molar-refractivity contribution in [2.75, 3.05) is 7.11 Å². The first-order valence-electron chi connectivity index (χ1n) is 6.35. The van der Waals surface area contributed by atoms with Gasteiger partial charge < -0.3 is 4.74 Å². The predicted octanol–water partition coefficient (Wildman–Crippen LogP) is 5.41. The Morgan fingerprint density at radius 3 is 2.72 bits per heavy atom. The molecule has 2 rings (SSSR count). The summed E-state index contributed by atoms with van der Waals surface area (Å²) in [6, 6.07) is 2.10. The van der Waals surface area contributed by atoms with Crippen molar-refractivity contribution < 1.29 is 4.74 Å². The second-order valence-corrected chi connectivity index (χ2v) is 7.26. The van der Waals surface area contributed by atoms with Crippen molar-refractivity contribution in [2.45, 2.75) is 45.4 Å². The van der Waals surface area contributed by atoms with Gasteiger partial charge in [0.15, 0.2) is 0 Å². The monoisotopic (exact) mass is 330 g/mol. The van der Waals surface area contributed by atoms with E-state index in [1.165, 1.54) is 16.7 Å². The summed E-state index contributed by atoms with van der Waals surface area (Å²) in [5.41, 5.74) is 3.99. The van der Waals surface area contributed by atoms with Crippen molar-refractivity contribution in [1.29, 1.82) is 0 Å². The lowest BCUT2D eigenvalue weighted by Crippen LogP contribution is -2.11. The molecule has 1 aliphatic rings. The van der Waals surface area contributed by atoms with Crippen LogP contribution >= 0.6 is 27.5 Å². The van der Waals surface area contributed by atoms with E-state index >= 15 is 0 Å². The smallest absolute Gasteiger partial charge is 0.122 e. The standard InChI is InChI=1S/C15H20BrClO/c1-9-7-12(18-4)10-5-6-15(2,3)8-11(17)13(10)14(9)16/h7,11H,5-6,8H2,1-4H3. The number of benzene rings is 1. The van der Waals surface area contributed by atoms with Crippen molar-refractivity contribution in [1.82, 2.24) is 0 Å². The van der Waals surface area contributed by atoms with E-state index in [1.54, 1.807) is 7.11 Å². The summed E-state index contributed by atoms with van der Waals surface area (Å²) in [6.45, 7) is 6.68. The van der Waals surface area contributed by atoms with Crippen LogP contribution in [0.4, 0.5) is 0 Å². The number of methoxy groups -OCH3 is 1. The zero-order valence-corrected chi connectivity index (χ0v) is 13.8. The molecule has 0 saturated heterocycles. The molecule has 0 amide bonds. The maximum Gasteiger partial charge on any atom is 0.122 e. The molecule has 100 valence electrons. The number of alkyl halides is 1. The normalized spacial score (nSPS) is 22.2. The maximum atomic E-state index is 6.66. The molecule has 1 aliphatic carbocycles. The van der Waals surface area contributed by atoms with Crippen LogP contribution in [0.25, 0.3) is 0 Å². The predicted molar refractivity (Wildman–Crippen MR) is 80.7 cm³/mol. The zero-order chi connectivity index (χ0) is 13.5. The van der Waals surface area contributed by atoms with E-state index < -0.39 is 0 Å². The van der Waals surface area contributed by atoms with Crippen molar-refractivity contribution in [3.8, 4) is 5.75 Å². The molecule has 1 aromatic rings. The lowest BCUT2D eigenvalue weighted by Gasteiger charge is -2.24. The van der Waals surface area contributed by atoms with Crippen molar-refractivity contribution in [3.63, 3.8) is 0 Å². The maximum absolute atomic E-state index is 6.66. The molecule has 0 radical (unpaired) electrons. The highest BCUT2D eigenvalue weighted by Crippen LogP contribution is 2.48. The highest BCUT2D eigenvalue weighted by atomic mass is 79.9. The second kappa shape index (κ2) is 5.05. The van der Waals surface area contributed by atoms with E-state index in [2.05, 4.69) is 42.8 Å². The summed E-state index contributed by atoms with van der Waals surface area (Å²) in [5, 5.41) is 0.0562. The summed E-state index contributed by atoms with van der Waals surface area (Å²) in [6.07, 6.45) is 3.19. The van der Waals surface area contributed by atoms with E-state index in [1.807, 2.05) is 0 Å². The number of aryl methyl sites for hydroxylation is 1. The molecule has 18 heavy (non-hydrogen) atoms. The first kappa shape index (κ1) is 14.2. The van der Waals surface area contributed by atoms with Gasteiger partial charge in [0.2, 0.25) is 0 Å². The van der Waals surface area contributed by atoms with Crippen LogP contribution in [0.2, 0.25) is 0 Å². The summed E-state index contributed by atoms with van der Waals surface area (Å²) in [7, 11) is 1.74. The quantitative estimate of drug-likeness (QED) is 0.494. The van der Waals surface area contributed by atoms with E-state index in [-0.39, 0.29) is 10.8 Å². The Kier molecular flexibility index (Phi) is 3.99. The van der Waals surface area contributed by atoms with Gasteiger partial charge >= 0.3 is 0 Å². The molecule has 1 aromatic carbocycles. The zero-order valence-electron chi connectivity index (χ0n) is 11.4. The first-order valence-corrected chi connectivity index (χ1v) is 7.58. The van der Waals surface area contributed by atoms with Gasteiger partial charge in [-0.3, -0.25) is 0 Å². The van der Waals surface area contributed by atoms with Crippen LogP contribution in [-0.4, -0.2) is 7.11 Å². The average molecular weight is 332 g/mol. The van der Waals surface area contributed by atoms with Gasteiger partial charge in [-0.25, -0.2) is 0 Å². The molecule has 0 fully saturated rings. The van der Waals surface area contributed by atoms with Gasteiger partial charge in [-0.05, 0) is 54.4 Å². The van der Waals surface area contributed by atoms with E-state index in [9.17, 15) is 0 Å². The lowest BCUT2D eigenvalue weighted by atomic mass is 9.84. The number of halogens is 2. The Labute approximate surface area is 123 Å². The van der Waals surface area contributed by atoms with Crippen LogP contribution in [0.1, 0.15) is 48.8 Å². The molecule has 0 bridgehead atoms. The first-order chi connectivity index (χ1) is 8.35. The molecule has 3 heteroatoms. The SMILES string of the molecule is COc1cc(C)c(Br)c2c1CCC(C)(C)CC2Cl. The topological polar surface area (TPSA) is 9.23 Å². The second-order valence-electron chi connectivity index (χ2n) is 5.94. The van der Waals surface area contributed by atoms with Crippen molar-refractivity contribution in [2.24, 2.45) is 5.41 Å². The molecule has 0 heterocycles. The van der Waals surface area contributed by atoms with Gasteiger partial charge in [-0.15, -0.1) is 11.6 Å². The minimum atomic E-state index is 0.0562. The lowest BCUT2D eigenvalue weighted by molar-refractivity contribution is 0.312. The van der Waals surface area contributed by atoms with Crippen LogP contribution in [-0.2, 0) is 6.42 Å². The molecular weight excluding hydrogens is 312 g/mol. The van der Waals surface area contributed by atoms with Crippen LogP contribution in [0.3, 0.4) is 0 Å². The molecule has 1 unspecified atom stereocenters. The molecule has 0 N–H and O–H groups in total. The van der Waals surface area contributed by atoms with Gasteiger partial charge in [0.05, 0.1) is 12.5 Å². The minimum Gasteiger partial charge on any atom is -0.496 e. The molecule has 0 saturated carbocycles. The Bertz CT molecular complexity index is 468. The summed E-state index contributed by atoms with van der Waals surface area (Å²) in [4.78, 5) is 0. The number of hydrogen-bond acceptors (Lipinski definition) is 1. The number of fused-ring (bicyclic) bond motifs is 1. The molecule has 1 nitrogen and oxygen atoms in total. The van der Waals surface area contributed by atoms with Gasteiger partial charge in [0, 0.05) is 4.47 Å². The fourth-order valence-corrected chi connectivity index (χ4v) is 4.16. The molecular formula is C15H20BrClO. The largest absolute Gasteiger partial charge is 0.496 e. The van der Waals surface area contributed by atoms with Gasteiger partial charge in [0.25, 0.3) is 0 Å². The van der Waals surface area contributed by atoms with Crippen molar-refractivity contribution in [3.05, 3.63) is 27.2 Å². The average Bonchev–Trinajstić information content (AvgIpc) is 2.40. The van der Waals surface area contributed by atoms with Gasteiger partial charge in [-0.2, -0.15) is 0 Å². The minimum absolute atomic E-state index is 0.0562. The van der Waals surface area contributed by atoms with Crippen LogP contribution in [0.5, 0.6) is 5.75 Å². The summed E-state index contributed by atoms with van der Waals surface area (Å²) in [5.74, 6) is 0.981. The number of ether oxygens (including phenoxy) is 1. The third-order valence-electron chi connectivity index (χ3n) is 3.87. The molecule has 0 aromatic heterocycles. The van der Waals surface area contributed by atoms with Crippen LogP contribution in [0.15, 0.2) is 10.5 Å². The fraction of sp³-hybridized carbons (Fsp3) is 0.600. The summed E-state index contributed by atoms with van der Waals surface area (Å²) >= 11 is 10.4.